The van der Waals surface area contributed by atoms with Crippen LogP contribution in [0, 0.1) is 35.5 Å². The summed E-state index contributed by atoms with van der Waals surface area (Å²) in [4.78, 5) is 33.8. The van der Waals surface area contributed by atoms with Crippen molar-refractivity contribution in [1.82, 2.24) is 10.6 Å². The van der Waals surface area contributed by atoms with E-state index in [1.807, 2.05) is 13.8 Å². The molecular formula is C29H48N4O5S3. The predicted molar refractivity (Wildman–Crippen MR) is 168 cm³/mol. The fraction of sp³-hybridized carbons (Fsp3) is 0.862. The summed E-state index contributed by atoms with van der Waals surface area (Å²) in [5, 5.41) is 7.71. The number of nitrogens with one attached hydrogen (secondary N) is 2. The van der Waals surface area contributed by atoms with Crippen molar-refractivity contribution in [3.05, 3.63) is 0 Å². The molecule has 2 aliphatic heterocycles. The second kappa shape index (κ2) is 12.5. The number of amides is 2. The normalized spacial score (nSPS) is 41.1. The third kappa shape index (κ3) is 7.70. The van der Waals surface area contributed by atoms with E-state index in [4.69, 9.17) is 23.0 Å². The minimum Gasteiger partial charge on any atom is -0.748 e. The van der Waals surface area contributed by atoms with Crippen molar-refractivity contribution in [3.63, 3.8) is 0 Å². The Bertz CT molecular complexity index is 1110. The molecule has 6 unspecified atom stereocenters. The molecule has 4 aliphatic carbocycles. The van der Waals surface area contributed by atoms with Gasteiger partial charge in [0.2, 0.25) is 11.8 Å². The number of rotatable bonds is 4. The molecular weight excluding hydrogens is 581 g/mol. The molecule has 0 spiro atoms. The SMILES string of the molecule is CC(C)[C@]1(C)SC(=NC2CC3CCC2C3)NC1=O.CC(C)[C@]1(C)SC(=NC2CC3CCC2C3)NC1=O.CS(=O)(=O)[O-].[H+]. The Kier molecular flexibility index (Phi) is 9.98. The van der Waals surface area contributed by atoms with Crippen molar-refractivity contribution in [3.8, 4) is 0 Å². The molecule has 232 valence electrons. The monoisotopic (exact) mass is 628 g/mol. The maximum Gasteiger partial charge on any atom is 1.00 e. The second-order valence-electron chi connectivity index (χ2n) is 13.7. The molecule has 0 aromatic rings. The van der Waals surface area contributed by atoms with E-state index in [9.17, 15) is 9.59 Å². The fourth-order valence-electron chi connectivity index (χ4n) is 6.90. The van der Waals surface area contributed by atoms with E-state index < -0.39 is 10.1 Å². The van der Waals surface area contributed by atoms with Crippen LogP contribution < -0.4 is 10.6 Å². The van der Waals surface area contributed by atoms with Gasteiger partial charge >= 0.3 is 1.43 Å². The quantitative estimate of drug-likeness (QED) is 0.423. The molecule has 12 heteroatoms. The Morgan fingerprint density at radius 2 is 1.12 bits per heavy atom. The van der Waals surface area contributed by atoms with Crippen molar-refractivity contribution >= 4 is 55.8 Å². The zero-order chi connectivity index (χ0) is 30.3. The fourth-order valence-corrected chi connectivity index (χ4v) is 9.13. The number of carbonyl (C=O) groups is 2. The smallest absolute Gasteiger partial charge is 0.748 e. The topological polar surface area (TPSA) is 140 Å². The third-order valence-electron chi connectivity index (χ3n) is 10.1. The van der Waals surface area contributed by atoms with Crippen LogP contribution >= 0.6 is 23.5 Å². The number of hydrogen-bond acceptors (Lipinski definition) is 9. The van der Waals surface area contributed by atoms with Crippen LogP contribution in [0.1, 0.15) is 94.3 Å². The molecule has 8 atom stereocenters. The predicted octanol–water partition coefficient (Wildman–Crippen LogP) is 4.89. The largest absolute Gasteiger partial charge is 1.00 e. The van der Waals surface area contributed by atoms with Crippen LogP contribution in [0.25, 0.3) is 0 Å². The minimum absolute atomic E-state index is 0. The van der Waals surface area contributed by atoms with Crippen LogP contribution in [0.15, 0.2) is 9.98 Å². The molecule has 6 aliphatic rings. The van der Waals surface area contributed by atoms with Gasteiger partial charge in [-0.25, -0.2) is 8.42 Å². The van der Waals surface area contributed by atoms with Crippen LogP contribution in [0.5, 0.6) is 0 Å². The first-order valence-corrected chi connectivity index (χ1v) is 18.5. The number of aliphatic imine (C=N–C) groups is 2. The van der Waals surface area contributed by atoms with Crippen LogP contribution in [0.4, 0.5) is 0 Å². The molecule has 2 N–H and O–H groups in total. The Morgan fingerprint density at radius 1 is 0.780 bits per heavy atom. The van der Waals surface area contributed by atoms with Crippen LogP contribution in [0.2, 0.25) is 0 Å². The summed E-state index contributed by atoms with van der Waals surface area (Å²) in [7, 11) is -3.92. The van der Waals surface area contributed by atoms with E-state index in [1.54, 1.807) is 23.5 Å². The van der Waals surface area contributed by atoms with Gasteiger partial charge in [-0.1, -0.05) is 64.1 Å². The first-order valence-electron chi connectivity index (χ1n) is 15.0. The summed E-state index contributed by atoms with van der Waals surface area (Å²) < 4.78 is 26.6. The summed E-state index contributed by atoms with van der Waals surface area (Å²) in [6.07, 6.45) is 11.3. The van der Waals surface area contributed by atoms with E-state index >= 15 is 0 Å². The summed E-state index contributed by atoms with van der Waals surface area (Å²) >= 11 is 3.27. The highest BCUT2D eigenvalue weighted by Crippen LogP contribution is 2.48. The van der Waals surface area contributed by atoms with E-state index in [0.29, 0.717) is 30.2 Å². The number of nitrogens with zero attached hydrogens (tertiary/aromatic N) is 2. The van der Waals surface area contributed by atoms with E-state index in [-0.39, 0.29) is 22.7 Å². The van der Waals surface area contributed by atoms with Crippen LogP contribution in [-0.4, -0.2) is 63.0 Å². The first-order chi connectivity index (χ1) is 19.0. The minimum atomic E-state index is -3.92. The molecule has 41 heavy (non-hydrogen) atoms. The molecule has 2 amide bonds. The number of amidine groups is 2. The lowest BCUT2D eigenvalue weighted by atomic mass is 9.96. The average Bonchev–Trinajstić information content (AvgIpc) is 3.68. The van der Waals surface area contributed by atoms with Gasteiger partial charge in [0.05, 0.1) is 22.2 Å². The Morgan fingerprint density at radius 3 is 1.34 bits per heavy atom. The van der Waals surface area contributed by atoms with Crippen molar-refractivity contribution in [2.45, 2.75) is 114 Å². The molecule has 4 bridgehead atoms. The molecule has 9 nitrogen and oxygen atoms in total. The molecule has 0 aromatic carbocycles. The highest BCUT2D eigenvalue weighted by molar-refractivity contribution is 8.16. The zero-order valence-corrected chi connectivity index (χ0v) is 27.9. The van der Waals surface area contributed by atoms with Crippen molar-refractivity contribution < 1.29 is 24.0 Å². The first kappa shape index (κ1) is 32.8. The zero-order valence-electron chi connectivity index (χ0n) is 26.4. The maximum atomic E-state index is 12.1. The molecule has 4 saturated carbocycles. The lowest BCUT2D eigenvalue weighted by Gasteiger charge is -2.23. The summed E-state index contributed by atoms with van der Waals surface area (Å²) in [6, 6.07) is 0.946. The van der Waals surface area contributed by atoms with Crippen molar-refractivity contribution in [2.24, 2.45) is 45.5 Å². The molecule has 2 saturated heterocycles. The van der Waals surface area contributed by atoms with Gasteiger partial charge in [-0.3, -0.25) is 19.6 Å². The number of carbonyl (C=O) groups excluding carboxylic acids is 2. The summed E-state index contributed by atoms with van der Waals surface area (Å²) in [6.45, 7) is 12.5. The molecule has 0 radical (unpaired) electrons. The Labute approximate surface area is 256 Å². The Balaban J connectivity index is 0.000000195. The second-order valence-corrected chi connectivity index (χ2v) is 18.0. The van der Waals surface area contributed by atoms with Gasteiger partial charge in [0, 0.05) is 6.26 Å². The lowest BCUT2D eigenvalue weighted by Crippen LogP contribution is -2.38. The van der Waals surface area contributed by atoms with Gasteiger partial charge in [0.1, 0.15) is 9.49 Å². The third-order valence-corrected chi connectivity index (χ3v) is 13.1. The van der Waals surface area contributed by atoms with E-state index in [1.165, 1.54) is 51.4 Å². The number of fused-ring (bicyclic) bond motifs is 4. The maximum absolute atomic E-state index is 12.1. The van der Waals surface area contributed by atoms with Gasteiger partial charge < -0.3 is 15.2 Å². The van der Waals surface area contributed by atoms with Crippen molar-refractivity contribution in [1.29, 1.82) is 0 Å². The van der Waals surface area contributed by atoms with E-state index in [2.05, 4.69) is 38.3 Å². The van der Waals surface area contributed by atoms with Crippen LogP contribution in [-0.2, 0) is 19.7 Å². The van der Waals surface area contributed by atoms with Gasteiger partial charge in [-0.15, -0.1) is 0 Å². The Hall–Kier alpha value is -1.11. The molecule has 6 rings (SSSR count). The lowest BCUT2D eigenvalue weighted by molar-refractivity contribution is -0.122. The highest BCUT2D eigenvalue weighted by Gasteiger charge is 2.48. The van der Waals surface area contributed by atoms with Gasteiger partial charge in [0.25, 0.3) is 0 Å². The van der Waals surface area contributed by atoms with Crippen molar-refractivity contribution in [2.75, 3.05) is 6.26 Å². The standard InChI is InChI=1S/2C14H22N2OS.CH4O3S/c2*1-8(2)14(3)12(17)16-13(18-14)15-11-7-9-4-5-10(11)6-9;1-5(2,3)4/h2*8-11H,4-7H2,1-3H3,(H,15,16,17);1H3,(H,2,3,4)/t2*9?,10?,11?,14-;/m00./s1. The molecule has 2 heterocycles. The summed E-state index contributed by atoms with van der Waals surface area (Å²) in [5.41, 5.74) is 0. The highest BCUT2D eigenvalue weighted by atomic mass is 32.2. The summed E-state index contributed by atoms with van der Waals surface area (Å²) in [5.74, 6) is 4.29. The van der Waals surface area contributed by atoms with Gasteiger partial charge in [0.15, 0.2) is 10.3 Å². The van der Waals surface area contributed by atoms with Gasteiger partial charge in [-0.2, -0.15) is 0 Å². The number of thioether (sulfide) groups is 2. The van der Waals surface area contributed by atoms with Gasteiger partial charge in [-0.05, 0) is 87.9 Å². The average molecular weight is 629 g/mol. The molecule has 0 aromatic heterocycles. The van der Waals surface area contributed by atoms with E-state index in [0.717, 1.165) is 34.0 Å². The molecule has 6 fully saturated rings. The number of hydrogen-bond donors (Lipinski definition) is 2. The van der Waals surface area contributed by atoms with Crippen LogP contribution in [0.3, 0.4) is 0 Å².